The Balaban J connectivity index is 0.765. The third kappa shape index (κ3) is 11.5. The number of nitrogens with one attached hydrogen (secondary N) is 5. The van der Waals surface area contributed by atoms with Crippen LogP contribution >= 0.6 is 0 Å². The van der Waals surface area contributed by atoms with Crippen LogP contribution < -0.4 is 31.7 Å². The molecule has 2 aliphatic rings. The lowest BCUT2D eigenvalue weighted by Crippen LogP contribution is -2.49. The smallest absolute Gasteiger partial charge is 0.263 e. The molecule has 0 unspecified atom stereocenters. The first-order valence-electron chi connectivity index (χ1n) is 21.3. The van der Waals surface area contributed by atoms with Crippen LogP contribution in [0.3, 0.4) is 0 Å². The van der Waals surface area contributed by atoms with Crippen LogP contribution in [0, 0.1) is 13.8 Å². The molecular formula is C44H54N12O7. The van der Waals surface area contributed by atoms with Crippen molar-refractivity contribution in [3.05, 3.63) is 87.6 Å². The van der Waals surface area contributed by atoms with Gasteiger partial charge in [0.05, 0.1) is 68.1 Å². The maximum absolute atomic E-state index is 13.5. The number of anilines is 5. The average Bonchev–Trinajstić information content (AvgIpc) is 3.95. The number of carbonyl (C=O) groups is 4. The number of aromatic amines is 1. The Morgan fingerprint density at radius 2 is 1.62 bits per heavy atom. The predicted molar refractivity (Wildman–Crippen MR) is 238 cm³/mol. The zero-order valence-corrected chi connectivity index (χ0v) is 35.9. The van der Waals surface area contributed by atoms with Crippen LogP contribution in [0.2, 0.25) is 0 Å². The highest BCUT2D eigenvalue weighted by atomic mass is 16.5. The molecule has 332 valence electrons. The number of ketones is 1. The summed E-state index contributed by atoms with van der Waals surface area (Å²) in [5.41, 5.74) is 3.50. The van der Waals surface area contributed by atoms with Gasteiger partial charge in [0.15, 0.2) is 11.6 Å². The Morgan fingerprint density at radius 3 is 2.33 bits per heavy atom. The third-order valence-electron chi connectivity index (χ3n) is 11.2. The standard InChI is InChI=1S/C44H54N12O7/c1-28-24-37(53-52-28)49-42(60)33-10-6-7-11-35(33)48-38(58)14-20-62-22-23-63-21-15-45-39(59)27-54-16-18-55(19-17-54)32-12-13-36(46-25-32)50-44-47-26-34-29(2)40(30(3)57)43(61)56(41(34)51-44)31-8-4-5-9-31/h6-7,10-13,24-26,31H,4-5,8-9,14-23,27H2,1-3H3,(H,45,59)(H,48,58)(H,46,47,50,51)(H2,49,52,53,60). The number of nitrogens with zero attached hydrogens (tertiary/aromatic N) is 7. The van der Waals surface area contributed by atoms with Gasteiger partial charge in [0.2, 0.25) is 17.8 Å². The second kappa shape index (κ2) is 21.0. The lowest BCUT2D eigenvalue weighted by molar-refractivity contribution is -0.122. The Kier molecular flexibility index (Phi) is 14.8. The van der Waals surface area contributed by atoms with Crippen LogP contribution in [0.1, 0.15) is 77.0 Å². The number of H-pyrrole nitrogens is 1. The highest BCUT2D eigenvalue weighted by Gasteiger charge is 2.26. The number of aryl methyl sites for hydroxylation is 2. The van der Waals surface area contributed by atoms with Gasteiger partial charge in [-0.1, -0.05) is 25.0 Å². The molecule has 5 N–H and O–H groups in total. The minimum absolute atomic E-state index is 0.00675. The fourth-order valence-electron chi connectivity index (χ4n) is 7.91. The van der Waals surface area contributed by atoms with Gasteiger partial charge in [-0.25, -0.2) is 9.97 Å². The summed E-state index contributed by atoms with van der Waals surface area (Å²) in [7, 11) is 0. The summed E-state index contributed by atoms with van der Waals surface area (Å²) in [6, 6.07) is 12.3. The molecule has 5 aromatic rings. The highest BCUT2D eigenvalue weighted by molar-refractivity contribution is 6.09. The van der Waals surface area contributed by atoms with Crippen molar-refractivity contribution in [1.82, 2.24) is 39.9 Å². The maximum Gasteiger partial charge on any atom is 0.263 e. The van der Waals surface area contributed by atoms with E-state index in [1.54, 1.807) is 54.2 Å². The van der Waals surface area contributed by atoms with E-state index in [9.17, 15) is 24.0 Å². The molecular weight excluding hydrogens is 809 g/mol. The maximum atomic E-state index is 13.5. The van der Waals surface area contributed by atoms with Gasteiger partial charge < -0.3 is 35.6 Å². The van der Waals surface area contributed by atoms with Crippen LogP contribution in [-0.2, 0) is 19.1 Å². The molecule has 19 heteroatoms. The minimum atomic E-state index is -0.389. The highest BCUT2D eigenvalue weighted by Crippen LogP contribution is 2.32. The number of aromatic nitrogens is 6. The van der Waals surface area contributed by atoms with Crippen molar-refractivity contribution in [3.8, 4) is 0 Å². The first-order chi connectivity index (χ1) is 30.5. The van der Waals surface area contributed by atoms with E-state index in [-0.39, 0.29) is 66.8 Å². The Morgan fingerprint density at radius 1 is 0.857 bits per heavy atom. The third-order valence-corrected chi connectivity index (χ3v) is 11.2. The first-order valence-corrected chi connectivity index (χ1v) is 21.3. The topological polar surface area (TPSA) is 231 Å². The summed E-state index contributed by atoms with van der Waals surface area (Å²) in [6.45, 7) is 9.68. The zero-order valence-electron chi connectivity index (χ0n) is 35.9. The number of ether oxygens (including phenoxy) is 2. The largest absolute Gasteiger partial charge is 0.379 e. The van der Waals surface area contributed by atoms with Gasteiger partial charge in [-0.2, -0.15) is 10.1 Å². The van der Waals surface area contributed by atoms with E-state index in [1.165, 1.54) is 6.92 Å². The summed E-state index contributed by atoms with van der Waals surface area (Å²) in [5, 5.41) is 19.0. The second-order valence-corrected chi connectivity index (χ2v) is 15.7. The Bertz CT molecular complexity index is 2470. The van der Waals surface area contributed by atoms with Gasteiger partial charge in [-0.05, 0) is 63.4 Å². The molecule has 3 amide bonds. The zero-order chi connectivity index (χ0) is 44.3. The van der Waals surface area contributed by atoms with Crippen molar-refractivity contribution in [2.75, 3.05) is 86.5 Å². The van der Waals surface area contributed by atoms with E-state index in [0.717, 1.165) is 50.2 Å². The van der Waals surface area contributed by atoms with Crippen LogP contribution in [0.4, 0.5) is 29.0 Å². The molecule has 0 spiro atoms. The van der Waals surface area contributed by atoms with E-state index < -0.39 is 0 Å². The molecule has 1 aliphatic heterocycles. The number of rotatable bonds is 19. The van der Waals surface area contributed by atoms with Gasteiger partial charge in [-0.15, -0.1) is 0 Å². The van der Waals surface area contributed by atoms with Crippen LogP contribution in [0.15, 0.2) is 59.7 Å². The Labute approximate surface area is 364 Å². The van der Waals surface area contributed by atoms with Crippen molar-refractivity contribution in [3.63, 3.8) is 0 Å². The van der Waals surface area contributed by atoms with Gasteiger partial charge >= 0.3 is 0 Å². The summed E-state index contributed by atoms with van der Waals surface area (Å²) in [6.07, 6.45) is 7.35. The number of fused-ring (bicyclic) bond motifs is 1. The van der Waals surface area contributed by atoms with Crippen LogP contribution in [0.25, 0.3) is 11.0 Å². The van der Waals surface area contributed by atoms with Crippen molar-refractivity contribution >= 4 is 63.5 Å². The SMILES string of the molecule is CC(=O)c1c(C)c2cnc(Nc3ccc(N4CCN(CC(=O)NCCOCCOCCC(=O)Nc5ccccc5C(=O)Nc5cc(C)[nH]n5)CC4)cn3)nc2n(C2CCCC2)c1=O. The molecule has 63 heavy (non-hydrogen) atoms. The molecule has 0 bridgehead atoms. The number of Topliss-reactive ketones (excluding diaryl/α,β-unsaturated/α-hetero) is 1. The molecule has 4 aromatic heterocycles. The van der Waals surface area contributed by atoms with E-state index in [0.29, 0.717) is 78.3 Å². The quantitative estimate of drug-likeness (QED) is 0.0581. The molecule has 1 aliphatic carbocycles. The van der Waals surface area contributed by atoms with E-state index in [4.69, 9.17) is 14.5 Å². The summed E-state index contributed by atoms with van der Waals surface area (Å²) in [4.78, 5) is 82.1. The number of piperazine rings is 1. The molecule has 0 radical (unpaired) electrons. The van der Waals surface area contributed by atoms with E-state index in [1.807, 2.05) is 19.1 Å². The molecule has 7 rings (SSSR count). The number of carbonyl (C=O) groups excluding carboxylic acids is 4. The minimum Gasteiger partial charge on any atom is -0.379 e. The van der Waals surface area contributed by atoms with Gasteiger partial charge in [0, 0.05) is 62.1 Å². The lowest BCUT2D eigenvalue weighted by atomic mass is 10.0. The number of para-hydroxylation sites is 1. The number of pyridine rings is 2. The van der Waals surface area contributed by atoms with E-state index in [2.05, 4.69) is 51.2 Å². The fraction of sp³-hybridized carbons (Fsp3) is 0.432. The van der Waals surface area contributed by atoms with Crippen LogP contribution in [-0.4, -0.2) is 124 Å². The summed E-state index contributed by atoms with van der Waals surface area (Å²) >= 11 is 0. The molecule has 19 nitrogen and oxygen atoms in total. The first kappa shape index (κ1) is 44.5. The Hall–Kier alpha value is -6.57. The van der Waals surface area contributed by atoms with Gasteiger partial charge in [0.25, 0.3) is 11.5 Å². The van der Waals surface area contributed by atoms with Gasteiger partial charge in [0.1, 0.15) is 11.5 Å². The van der Waals surface area contributed by atoms with Crippen LogP contribution in [0.5, 0.6) is 0 Å². The predicted octanol–water partition coefficient (Wildman–Crippen LogP) is 4.14. The lowest BCUT2D eigenvalue weighted by Gasteiger charge is -2.35. The number of hydrogen-bond donors (Lipinski definition) is 5. The monoisotopic (exact) mass is 862 g/mol. The fourth-order valence-corrected chi connectivity index (χ4v) is 7.91. The van der Waals surface area contributed by atoms with Crippen molar-refractivity contribution in [1.29, 1.82) is 0 Å². The molecule has 5 heterocycles. The van der Waals surface area contributed by atoms with Gasteiger partial charge in [-0.3, -0.25) is 38.5 Å². The molecule has 1 saturated carbocycles. The van der Waals surface area contributed by atoms with Crippen molar-refractivity contribution in [2.45, 2.75) is 58.9 Å². The normalized spacial score (nSPS) is 14.5. The summed E-state index contributed by atoms with van der Waals surface area (Å²) in [5.74, 6) is 0.253. The van der Waals surface area contributed by atoms with E-state index >= 15 is 0 Å². The van der Waals surface area contributed by atoms with Crippen molar-refractivity contribution < 1.29 is 28.7 Å². The summed E-state index contributed by atoms with van der Waals surface area (Å²) < 4.78 is 12.8. The second-order valence-electron chi connectivity index (χ2n) is 15.7. The number of benzene rings is 1. The average molecular weight is 863 g/mol. The molecule has 1 saturated heterocycles. The molecule has 2 fully saturated rings. The molecule has 0 atom stereocenters. The number of amides is 3. The number of hydrogen-bond acceptors (Lipinski definition) is 14. The molecule has 1 aromatic carbocycles. The van der Waals surface area contributed by atoms with Crippen molar-refractivity contribution in [2.24, 2.45) is 0 Å².